The summed E-state index contributed by atoms with van der Waals surface area (Å²) in [6, 6.07) is 14.9. The first-order valence-electron chi connectivity index (χ1n) is 10.6. The number of aryl methyl sites for hydroxylation is 1. The number of aliphatic hydroxyl groups is 1. The maximum atomic E-state index is 13.2. The third kappa shape index (κ3) is 4.54. The van der Waals surface area contributed by atoms with Crippen LogP contribution >= 0.6 is 22.9 Å². The lowest BCUT2D eigenvalue weighted by atomic mass is 9.98. The smallest absolute Gasteiger partial charge is 0.300 e. The van der Waals surface area contributed by atoms with E-state index in [2.05, 4.69) is 0 Å². The molecular formula is C26H24ClNO4S. The SMILES string of the molecule is Cc1ccsc1C1/C(=C(/O)c2cccc(OCC(C)C)c2)C(=O)C(=O)N1c1cccc(Cl)c1. The van der Waals surface area contributed by atoms with Crippen LogP contribution in [0.25, 0.3) is 5.76 Å². The van der Waals surface area contributed by atoms with Gasteiger partial charge in [0, 0.05) is 21.2 Å². The van der Waals surface area contributed by atoms with Crippen molar-refractivity contribution in [1.29, 1.82) is 0 Å². The summed E-state index contributed by atoms with van der Waals surface area (Å²) in [7, 11) is 0. The minimum absolute atomic E-state index is 0.0477. The van der Waals surface area contributed by atoms with E-state index in [-0.39, 0.29) is 11.3 Å². The zero-order chi connectivity index (χ0) is 23.7. The van der Waals surface area contributed by atoms with Crippen molar-refractivity contribution in [1.82, 2.24) is 0 Å². The van der Waals surface area contributed by atoms with E-state index in [1.54, 1.807) is 48.5 Å². The monoisotopic (exact) mass is 481 g/mol. The second-order valence-electron chi connectivity index (χ2n) is 8.35. The number of rotatable bonds is 6. The summed E-state index contributed by atoms with van der Waals surface area (Å²) in [5.41, 5.74) is 1.89. The molecule has 1 aliphatic heterocycles. The maximum Gasteiger partial charge on any atom is 0.300 e. The Bertz CT molecular complexity index is 1250. The molecule has 7 heteroatoms. The van der Waals surface area contributed by atoms with Gasteiger partial charge in [0.25, 0.3) is 11.7 Å². The van der Waals surface area contributed by atoms with Gasteiger partial charge in [-0.1, -0.05) is 43.6 Å². The van der Waals surface area contributed by atoms with Crippen LogP contribution in [0.1, 0.15) is 35.9 Å². The van der Waals surface area contributed by atoms with E-state index in [1.807, 2.05) is 32.2 Å². The second-order valence-corrected chi connectivity index (χ2v) is 9.73. The van der Waals surface area contributed by atoms with Crippen molar-refractivity contribution in [2.45, 2.75) is 26.8 Å². The highest BCUT2D eigenvalue weighted by Crippen LogP contribution is 2.45. The van der Waals surface area contributed by atoms with Crippen LogP contribution in [0.3, 0.4) is 0 Å². The third-order valence-corrected chi connectivity index (χ3v) is 6.68. The summed E-state index contributed by atoms with van der Waals surface area (Å²) in [5, 5.41) is 13.6. The van der Waals surface area contributed by atoms with Crippen molar-refractivity contribution in [3.8, 4) is 5.75 Å². The standard InChI is InChI=1S/C26H24ClNO4S/c1-15(2)14-32-20-9-4-6-17(12-20)23(29)21-22(25-16(3)10-11-33-25)28(26(31)24(21)30)19-8-5-7-18(27)13-19/h4-13,15,22,29H,14H2,1-3H3/b23-21-. The van der Waals surface area contributed by atoms with Gasteiger partial charge >= 0.3 is 0 Å². The van der Waals surface area contributed by atoms with E-state index in [1.165, 1.54) is 16.2 Å². The number of anilines is 1. The van der Waals surface area contributed by atoms with Gasteiger partial charge in [0.15, 0.2) is 0 Å². The molecule has 0 bridgehead atoms. The van der Waals surface area contributed by atoms with E-state index in [0.29, 0.717) is 34.5 Å². The average molecular weight is 482 g/mol. The van der Waals surface area contributed by atoms with E-state index in [4.69, 9.17) is 16.3 Å². The Hall–Kier alpha value is -3.09. The van der Waals surface area contributed by atoms with Gasteiger partial charge in [0.05, 0.1) is 12.2 Å². The van der Waals surface area contributed by atoms with Crippen molar-refractivity contribution in [3.63, 3.8) is 0 Å². The number of hydrogen-bond donors (Lipinski definition) is 1. The Kier molecular flexibility index (Phi) is 6.58. The largest absolute Gasteiger partial charge is 0.507 e. The molecule has 0 spiro atoms. The molecule has 33 heavy (non-hydrogen) atoms. The number of nitrogens with zero attached hydrogens (tertiary/aromatic N) is 1. The summed E-state index contributed by atoms with van der Waals surface area (Å²) in [4.78, 5) is 28.7. The van der Waals surface area contributed by atoms with Crippen molar-refractivity contribution < 1.29 is 19.4 Å². The predicted octanol–water partition coefficient (Wildman–Crippen LogP) is 6.37. The number of benzene rings is 2. The molecule has 1 atom stereocenters. The van der Waals surface area contributed by atoms with Crippen molar-refractivity contribution in [3.05, 3.63) is 86.6 Å². The summed E-state index contributed by atoms with van der Waals surface area (Å²) in [5.74, 6) is -0.749. The molecule has 3 aromatic rings. The molecule has 1 amide bonds. The fraction of sp³-hybridized carbons (Fsp3) is 0.231. The van der Waals surface area contributed by atoms with Crippen LogP contribution in [-0.4, -0.2) is 23.4 Å². The van der Waals surface area contributed by atoms with Gasteiger partial charge in [0.1, 0.15) is 17.6 Å². The second kappa shape index (κ2) is 9.41. The van der Waals surface area contributed by atoms with E-state index < -0.39 is 17.7 Å². The number of ketones is 1. The van der Waals surface area contributed by atoms with Crippen molar-refractivity contribution in [2.75, 3.05) is 11.5 Å². The zero-order valence-corrected chi connectivity index (χ0v) is 20.1. The zero-order valence-electron chi connectivity index (χ0n) is 18.5. The van der Waals surface area contributed by atoms with Crippen LogP contribution in [0, 0.1) is 12.8 Å². The Balaban J connectivity index is 1.86. The fourth-order valence-electron chi connectivity index (χ4n) is 3.79. The first-order valence-corrected chi connectivity index (χ1v) is 11.9. The Morgan fingerprint density at radius 2 is 1.91 bits per heavy atom. The van der Waals surface area contributed by atoms with Crippen molar-refractivity contribution in [2.24, 2.45) is 5.92 Å². The number of aliphatic hydroxyl groups excluding tert-OH is 1. The highest BCUT2D eigenvalue weighted by Gasteiger charge is 2.48. The molecule has 0 saturated carbocycles. The highest BCUT2D eigenvalue weighted by atomic mass is 35.5. The third-order valence-electron chi connectivity index (χ3n) is 5.37. The van der Waals surface area contributed by atoms with Gasteiger partial charge in [-0.2, -0.15) is 0 Å². The molecule has 1 unspecified atom stereocenters. The molecule has 0 aliphatic carbocycles. The Labute approximate surface area is 201 Å². The molecule has 2 heterocycles. The molecule has 170 valence electrons. The minimum atomic E-state index is -0.760. The van der Waals surface area contributed by atoms with Crippen LogP contribution in [-0.2, 0) is 9.59 Å². The summed E-state index contributed by atoms with van der Waals surface area (Å²) in [6.07, 6.45) is 0. The normalized spacial score (nSPS) is 17.7. The topological polar surface area (TPSA) is 66.8 Å². The molecule has 1 aromatic heterocycles. The number of carbonyl (C=O) groups excluding carboxylic acids is 2. The molecule has 5 nitrogen and oxygen atoms in total. The number of Topliss-reactive ketones (excluding diaryl/α,β-unsaturated/α-hetero) is 1. The summed E-state index contributed by atoms with van der Waals surface area (Å²) >= 11 is 7.62. The van der Waals surface area contributed by atoms with Gasteiger partial charge in [-0.05, 0) is 60.2 Å². The molecule has 1 N–H and O–H groups in total. The molecule has 1 fully saturated rings. The Morgan fingerprint density at radius 3 is 2.58 bits per heavy atom. The molecule has 2 aromatic carbocycles. The lowest BCUT2D eigenvalue weighted by Gasteiger charge is -2.25. The molecule has 1 aliphatic rings. The van der Waals surface area contributed by atoms with E-state index in [0.717, 1.165) is 10.4 Å². The number of amides is 1. The lowest BCUT2D eigenvalue weighted by molar-refractivity contribution is -0.132. The number of carbonyl (C=O) groups is 2. The van der Waals surface area contributed by atoms with Gasteiger partial charge in [0.2, 0.25) is 0 Å². The van der Waals surface area contributed by atoms with E-state index in [9.17, 15) is 14.7 Å². The number of hydrogen-bond acceptors (Lipinski definition) is 5. The van der Waals surface area contributed by atoms with E-state index >= 15 is 0 Å². The first-order chi connectivity index (χ1) is 15.8. The maximum absolute atomic E-state index is 13.2. The highest BCUT2D eigenvalue weighted by molar-refractivity contribution is 7.10. The Morgan fingerprint density at radius 1 is 1.15 bits per heavy atom. The fourth-order valence-corrected chi connectivity index (χ4v) is 5.00. The summed E-state index contributed by atoms with van der Waals surface area (Å²) in [6.45, 7) is 6.54. The van der Waals surface area contributed by atoms with Crippen LogP contribution in [0.5, 0.6) is 5.75 Å². The number of halogens is 1. The minimum Gasteiger partial charge on any atom is -0.507 e. The molecule has 4 rings (SSSR count). The van der Waals surface area contributed by atoms with Gasteiger partial charge in [-0.3, -0.25) is 14.5 Å². The summed E-state index contributed by atoms with van der Waals surface area (Å²) < 4.78 is 5.78. The molecule has 0 radical (unpaired) electrons. The first kappa shape index (κ1) is 23.1. The number of ether oxygens (including phenoxy) is 1. The van der Waals surface area contributed by atoms with Crippen LogP contribution in [0.2, 0.25) is 5.02 Å². The average Bonchev–Trinajstić information content (AvgIpc) is 3.32. The molecule has 1 saturated heterocycles. The van der Waals surface area contributed by atoms with Crippen LogP contribution in [0.4, 0.5) is 5.69 Å². The quantitative estimate of drug-likeness (QED) is 0.252. The van der Waals surface area contributed by atoms with Crippen molar-refractivity contribution >= 4 is 46.1 Å². The predicted molar refractivity (Wildman–Crippen MR) is 132 cm³/mol. The lowest BCUT2D eigenvalue weighted by Crippen LogP contribution is -2.29. The van der Waals surface area contributed by atoms with Crippen LogP contribution < -0.4 is 9.64 Å². The van der Waals surface area contributed by atoms with Gasteiger partial charge in [-0.15, -0.1) is 11.3 Å². The van der Waals surface area contributed by atoms with Crippen LogP contribution in [0.15, 0.2) is 65.6 Å². The van der Waals surface area contributed by atoms with Gasteiger partial charge in [-0.25, -0.2) is 0 Å². The number of thiophene rings is 1. The molecular weight excluding hydrogens is 458 g/mol. The van der Waals surface area contributed by atoms with Gasteiger partial charge < -0.3 is 9.84 Å².